The summed E-state index contributed by atoms with van der Waals surface area (Å²) in [6, 6.07) is 9.89. The highest BCUT2D eigenvalue weighted by Crippen LogP contribution is 2.23. The number of hydrogen-bond donors (Lipinski definition) is 2. The van der Waals surface area contributed by atoms with Gasteiger partial charge < -0.3 is 20.2 Å². The molecule has 0 saturated heterocycles. The number of rotatable bonds is 6. The van der Waals surface area contributed by atoms with Gasteiger partial charge in [0, 0.05) is 31.3 Å². The number of benzene rings is 1. The normalized spacial score (nSPS) is 16.2. The van der Waals surface area contributed by atoms with E-state index in [9.17, 15) is 4.79 Å². The van der Waals surface area contributed by atoms with E-state index >= 15 is 0 Å². The summed E-state index contributed by atoms with van der Waals surface area (Å²) >= 11 is 0. The molecule has 2 atom stereocenters. The van der Waals surface area contributed by atoms with E-state index in [1.54, 1.807) is 17.4 Å². The molecule has 2 aromatic heterocycles. The van der Waals surface area contributed by atoms with Crippen LogP contribution in [0.3, 0.4) is 0 Å². The van der Waals surface area contributed by atoms with E-state index in [2.05, 4.69) is 43.8 Å². The molecule has 3 aromatic rings. The number of carbonyl (C=O) groups excluding carboxylic acids is 1. The first-order valence-electron chi connectivity index (χ1n) is 9.60. The van der Waals surface area contributed by atoms with Crippen molar-refractivity contribution in [3.8, 4) is 0 Å². The van der Waals surface area contributed by atoms with Gasteiger partial charge in [-0.05, 0) is 18.9 Å². The second-order valence-electron chi connectivity index (χ2n) is 7.34. The van der Waals surface area contributed by atoms with Crippen LogP contribution >= 0.6 is 24.8 Å². The van der Waals surface area contributed by atoms with E-state index in [1.807, 2.05) is 18.2 Å². The zero-order chi connectivity index (χ0) is 19.5. The third kappa shape index (κ3) is 5.19. The molecule has 162 valence electrons. The Balaban J connectivity index is 0.00000160. The van der Waals surface area contributed by atoms with Gasteiger partial charge in [-0.1, -0.05) is 30.3 Å². The van der Waals surface area contributed by atoms with Crippen LogP contribution in [0.1, 0.15) is 35.9 Å². The number of aromatic nitrogens is 5. The van der Waals surface area contributed by atoms with Gasteiger partial charge in [-0.3, -0.25) is 4.79 Å². The zero-order valence-corrected chi connectivity index (χ0v) is 18.4. The van der Waals surface area contributed by atoms with E-state index in [4.69, 9.17) is 5.73 Å². The highest BCUT2D eigenvalue weighted by Gasteiger charge is 2.31. The van der Waals surface area contributed by atoms with Gasteiger partial charge >= 0.3 is 0 Å². The summed E-state index contributed by atoms with van der Waals surface area (Å²) in [4.78, 5) is 21.6. The third-order valence-electron chi connectivity index (χ3n) is 5.20. The molecule has 1 aromatic carbocycles. The van der Waals surface area contributed by atoms with Gasteiger partial charge in [-0.15, -0.1) is 35.0 Å². The average molecular weight is 452 g/mol. The number of nitrogens with zero attached hydrogens (tertiary/aromatic N) is 5. The first-order chi connectivity index (χ1) is 13.6. The maximum atomic E-state index is 12.8. The third-order valence-corrected chi connectivity index (χ3v) is 5.20. The summed E-state index contributed by atoms with van der Waals surface area (Å²) in [5.74, 6) is 1.73. The quantitative estimate of drug-likeness (QED) is 0.596. The predicted molar refractivity (Wildman–Crippen MR) is 119 cm³/mol. The van der Waals surface area contributed by atoms with Gasteiger partial charge in [0.15, 0.2) is 5.82 Å². The monoisotopic (exact) mass is 451 g/mol. The fraction of sp³-hybridized carbons (Fsp3) is 0.400. The van der Waals surface area contributed by atoms with Crippen molar-refractivity contribution < 1.29 is 4.79 Å². The Hall–Kier alpha value is -2.42. The maximum absolute atomic E-state index is 12.8. The molecule has 0 bridgehead atoms. The Kier molecular flexibility index (Phi) is 8.40. The molecule has 0 radical (unpaired) electrons. The lowest BCUT2D eigenvalue weighted by Gasteiger charge is -2.34. The number of amides is 1. The first kappa shape index (κ1) is 23.9. The number of nitrogens with one attached hydrogen (secondary N) is 1. The van der Waals surface area contributed by atoms with Gasteiger partial charge in [0.05, 0.1) is 25.0 Å². The van der Waals surface area contributed by atoms with Gasteiger partial charge in [-0.2, -0.15) is 0 Å². The molecular weight excluding hydrogens is 425 g/mol. The number of carbonyl (C=O) groups is 1. The molecule has 1 aliphatic rings. The van der Waals surface area contributed by atoms with Crippen molar-refractivity contribution in [1.29, 1.82) is 0 Å². The summed E-state index contributed by atoms with van der Waals surface area (Å²) in [5.41, 5.74) is 8.28. The smallest absolute Gasteiger partial charge is 0.240 e. The lowest BCUT2D eigenvalue weighted by atomic mass is 10.1. The van der Waals surface area contributed by atoms with Crippen LogP contribution in [0.25, 0.3) is 0 Å². The number of nitrogens with two attached hydrogens (primary N) is 1. The van der Waals surface area contributed by atoms with Crippen LogP contribution < -0.4 is 5.73 Å². The van der Waals surface area contributed by atoms with Crippen LogP contribution in [0, 0.1) is 0 Å². The maximum Gasteiger partial charge on any atom is 0.240 e. The van der Waals surface area contributed by atoms with Crippen LogP contribution in [0.15, 0.2) is 42.9 Å². The van der Waals surface area contributed by atoms with Crippen LogP contribution in [-0.2, 0) is 30.6 Å². The Bertz CT molecular complexity index is 930. The average Bonchev–Trinajstić information content (AvgIpc) is 3.36. The molecule has 1 aliphatic heterocycles. The van der Waals surface area contributed by atoms with Gasteiger partial charge in [0.1, 0.15) is 5.82 Å². The van der Waals surface area contributed by atoms with Crippen LogP contribution in [-0.4, -0.2) is 48.1 Å². The molecule has 4 rings (SSSR count). The molecule has 8 nitrogen and oxygen atoms in total. The Morgan fingerprint density at radius 3 is 2.70 bits per heavy atom. The lowest BCUT2D eigenvalue weighted by Crippen LogP contribution is -2.49. The molecule has 0 unspecified atom stereocenters. The molecule has 0 saturated carbocycles. The van der Waals surface area contributed by atoms with E-state index in [-0.39, 0.29) is 36.8 Å². The van der Waals surface area contributed by atoms with Crippen molar-refractivity contribution >= 4 is 30.7 Å². The van der Waals surface area contributed by atoms with E-state index in [0.717, 1.165) is 30.2 Å². The Labute approximate surface area is 188 Å². The molecule has 3 N–H and O–H groups in total. The SMILES string of the molecule is C[C@H]1CN(C(=O)[C@@H](N)Cc2cnc[nH]2)Cc2nnc(CCc3ccccc3)n21.Cl.Cl. The minimum absolute atomic E-state index is 0. The number of fused-ring (bicyclic) bond motifs is 1. The molecule has 0 fully saturated rings. The molecule has 30 heavy (non-hydrogen) atoms. The summed E-state index contributed by atoms with van der Waals surface area (Å²) in [6.07, 6.45) is 5.48. The van der Waals surface area contributed by atoms with Crippen LogP contribution in [0.2, 0.25) is 0 Å². The summed E-state index contributed by atoms with van der Waals surface area (Å²) in [5, 5.41) is 8.74. The highest BCUT2D eigenvalue weighted by atomic mass is 35.5. The largest absolute Gasteiger partial charge is 0.348 e. The van der Waals surface area contributed by atoms with Gasteiger partial charge in [-0.25, -0.2) is 4.98 Å². The minimum Gasteiger partial charge on any atom is -0.348 e. The van der Waals surface area contributed by atoms with Crippen molar-refractivity contribution in [2.45, 2.75) is 44.8 Å². The van der Waals surface area contributed by atoms with Crippen LogP contribution in [0.5, 0.6) is 0 Å². The number of imidazole rings is 1. The molecule has 10 heteroatoms. The fourth-order valence-corrected chi connectivity index (χ4v) is 3.81. The summed E-state index contributed by atoms with van der Waals surface area (Å²) < 4.78 is 2.17. The zero-order valence-electron chi connectivity index (χ0n) is 16.8. The number of H-pyrrole nitrogens is 1. The second kappa shape index (κ2) is 10.6. The lowest BCUT2D eigenvalue weighted by molar-refractivity contribution is -0.134. The molecule has 0 aliphatic carbocycles. The van der Waals surface area contributed by atoms with Crippen molar-refractivity contribution in [2.75, 3.05) is 6.54 Å². The summed E-state index contributed by atoms with van der Waals surface area (Å²) in [6.45, 7) is 3.15. The molecular formula is C20H27Cl2N7O. The predicted octanol–water partition coefficient (Wildman–Crippen LogP) is 2.10. The van der Waals surface area contributed by atoms with Gasteiger partial charge in [0.2, 0.25) is 5.91 Å². The summed E-state index contributed by atoms with van der Waals surface area (Å²) in [7, 11) is 0. The standard InChI is InChI=1S/C20H25N7O.2ClH/c1-14-11-26(20(28)17(21)9-16-10-22-13-23-16)12-19-25-24-18(27(14)19)8-7-15-5-3-2-4-6-15;;/h2-6,10,13-14,17H,7-9,11-12,21H2,1H3,(H,22,23);2*1H/t14-,17-;;/m0../s1. The first-order valence-corrected chi connectivity index (χ1v) is 9.60. The van der Waals surface area contributed by atoms with E-state index in [0.29, 0.717) is 19.5 Å². The highest BCUT2D eigenvalue weighted by molar-refractivity contribution is 5.85. The number of aryl methyl sites for hydroxylation is 2. The molecule has 0 spiro atoms. The van der Waals surface area contributed by atoms with E-state index < -0.39 is 6.04 Å². The minimum atomic E-state index is -0.598. The number of halogens is 2. The van der Waals surface area contributed by atoms with Crippen molar-refractivity contribution in [3.63, 3.8) is 0 Å². The Morgan fingerprint density at radius 1 is 1.23 bits per heavy atom. The molecule has 1 amide bonds. The second-order valence-corrected chi connectivity index (χ2v) is 7.34. The molecule has 3 heterocycles. The van der Waals surface area contributed by atoms with E-state index in [1.165, 1.54) is 5.56 Å². The van der Waals surface area contributed by atoms with Crippen molar-refractivity contribution in [3.05, 3.63) is 65.8 Å². The topological polar surface area (TPSA) is 106 Å². The fourth-order valence-electron chi connectivity index (χ4n) is 3.81. The van der Waals surface area contributed by atoms with Gasteiger partial charge in [0.25, 0.3) is 0 Å². The van der Waals surface area contributed by atoms with Crippen LogP contribution in [0.4, 0.5) is 0 Å². The number of aromatic amines is 1. The Morgan fingerprint density at radius 2 is 2.00 bits per heavy atom. The number of hydrogen-bond acceptors (Lipinski definition) is 5. The van der Waals surface area contributed by atoms with Crippen molar-refractivity contribution in [1.82, 2.24) is 29.6 Å². The van der Waals surface area contributed by atoms with Crippen molar-refractivity contribution in [2.24, 2.45) is 5.73 Å².